The Balaban J connectivity index is 1.34. The molecule has 0 atom stereocenters. The van der Waals surface area contributed by atoms with Crippen molar-refractivity contribution < 1.29 is 35.9 Å². The molecule has 43 heavy (non-hydrogen) atoms. The van der Waals surface area contributed by atoms with Crippen LogP contribution in [0.15, 0.2) is 42.7 Å². The number of amides is 1. The van der Waals surface area contributed by atoms with Crippen LogP contribution in [0, 0.1) is 0 Å². The smallest absolute Gasteiger partial charge is 0.380 e. The van der Waals surface area contributed by atoms with E-state index in [0.29, 0.717) is 44.0 Å². The minimum atomic E-state index is -4.87. The number of alkyl halides is 6. The zero-order valence-electron chi connectivity index (χ0n) is 23.2. The van der Waals surface area contributed by atoms with Crippen molar-refractivity contribution in [2.75, 3.05) is 56.6 Å². The van der Waals surface area contributed by atoms with E-state index < -0.39 is 35.2 Å². The molecule has 0 unspecified atom stereocenters. The highest BCUT2D eigenvalue weighted by Crippen LogP contribution is 2.32. The fourth-order valence-corrected chi connectivity index (χ4v) is 4.26. The van der Waals surface area contributed by atoms with Crippen LogP contribution in [0.5, 0.6) is 0 Å². The Morgan fingerprint density at radius 2 is 1.47 bits per heavy atom. The summed E-state index contributed by atoms with van der Waals surface area (Å²) in [7, 11) is 0. The van der Waals surface area contributed by atoms with Gasteiger partial charge in [0.1, 0.15) is 5.69 Å². The molecule has 1 fully saturated rings. The van der Waals surface area contributed by atoms with Crippen LogP contribution in [0.4, 0.5) is 38.2 Å². The standard InChI is InChI=1S/C27H30F6N8O2/c1-2-43-14-13-40-9-11-41(12-10-40)23(42)20-17-37-25(39-22(20)27(31,32)33)36-16-19-5-3-18(4-6-19)15-35-24-34-8-7-21(38-24)26(28,29)30/h3-8,17H,2,9-16H2,1H3,(H,34,35,38)(H,36,37,39). The molecule has 0 bridgehead atoms. The SMILES string of the molecule is CCOCCN1CCN(C(=O)c2cnc(NCc3ccc(CNc4nccc(C(F)(F)F)n4)cc3)nc2C(F)(F)F)CC1. The predicted octanol–water partition coefficient (Wildman–Crippen LogP) is 4.32. The monoisotopic (exact) mass is 612 g/mol. The fourth-order valence-electron chi connectivity index (χ4n) is 4.26. The molecule has 1 amide bonds. The van der Waals surface area contributed by atoms with E-state index in [4.69, 9.17) is 4.74 Å². The first-order valence-electron chi connectivity index (χ1n) is 13.4. The fraction of sp³-hybridized carbons (Fsp3) is 0.444. The first-order valence-corrected chi connectivity index (χ1v) is 13.4. The highest BCUT2D eigenvalue weighted by Gasteiger charge is 2.39. The van der Waals surface area contributed by atoms with Crippen molar-refractivity contribution in [3.63, 3.8) is 0 Å². The largest absolute Gasteiger partial charge is 0.434 e. The maximum absolute atomic E-state index is 13.9. The van der Waals surface area contributed by atoms with E-state index in [2.05, 4.69) is 35.5 Å². The average molecular weight is 613 g/mol. The Kier molecular flexibility index (Phi) is 10.3. The Bertz CT molecular complexity index is 1360. The number of benzene rings is 1. The van der Waals surface area contributed by atoms with E-state index in [0.717, 1.165) is 18.5 Å². The summed E-state index contributed by atoms with van der Waals surface area (Å²) in [6, 6.07) is 7.53. The van der Waals surface area contributed by atoms with Gasteiger partial charge < -0.3 is 20.3 Å². The van der Waals surface area contributed by atoms with Gasteiger partial charge in [-0.3, -0.25) is 9.69 Å². The summed E-state index contributed by atoms with van der Waals surface area (Å²) in [4.78, 5) is 31.2. The maximum Gasteiger partial charge on any atom is 0.434 e. The van der Waals surface area contributed by atoms with Crippen molar-refractivity contribution >= 4 is 17.8 Å². The number of ether oxygens (including phenoxy) is 1. The van der Waals surface area contributed by atoms with Crippen molar-refractivity contribution in [2.24, 2.45) is 0 Å². The number of carbonyl (C=O) groups is 1. The summed E-state index contributed by atoms with van der Waals surface area (Å²) in [6.45, 7) is 5.54. The molecule has 2 aromatic heterocycles. The molecule has 2 N–H and O–H groups in total. The van der Waals surface area contributed by atoms with Crippen molar-refractivity contribution in [1.82, 2.24) is 29.7 Å². The van der Waals surface area contributed by atoms with E-state index in [9.17, 15) is 31.1 Å². The molecule has 232 valence electrons. The van der Waals surface area contributed by atoms with Crippen LogP contribution in [-0.4, -0.2) is 81.6 Å². The van der Waals surface area contributed by atoms with Crippen molar-refractivity contribution in [3.05, 3.63) is 70.8 Å². The third-order valence-corrected chi connectivity index (χ3v) is 6.57. The number of hydrogen-bond acceptors (Lipinski definition) is 9. The molecule has 1 aromatic carbocycles. The van der Waals surface area contributed by atoms with Gasteiger partial charge in [-0.2, -0.15) is 26.3 Å². The van der Waals surface area contributed by atoms with Gasteiger partial charge in [-0.25, -0.2) is 19.9 Å². The lowest BCUT2D eigenvalue weighted by atomic mass is 10.1. The highest BCUT2D eigenvalue weighted by molar-refractivity contribution is 5.95. The van der Waals surface area contributed by atoms with Gasteiger partial charge in [0.05, 0.1) is 12.2 Å². The van der Waals surface area contributed by atoms with E-state index in [1.807, 2.05) is 6.92 Å². The zero-order chi connectivity index (χ0) is 31.0. The van der Waals surface area contributed by atoms with Gasteiger partial charge in [-0.05, 0) is 24.1 Å². The van der Waals surface area contributed by atoms with Crippen LogP contribution in [0.3, 0.4) is 0 Å². The molecule has 3 aromatic rings. The number of aromatic nitrogens is 4. The lowest BCUT2D eigenvalue weighted by molar-refractivity contribution is -0.142. The van der Waals surface area contributed by atoms with Crippen molar-refractivity contribution in [2.45, 2.75) is 32.4 Å². The number of nitrogens with one attached hydrogen (secondary N) is 2. The second-order valence-electron chi connectivity index (χ2n) is 9.57. The van der Waals surface area contributed by atoms with Gasteiger partial charge in [0.2, 0.25) is 11.9 Å². The molecular weight excluding hydrogens is 582 g/mol. The molecule has 1 aliphatic heterocycles. The van der Waals surface area contributed by atoms with Gasteiger partial charge in [0, 0.05) is 64.8 Å². The molecule has 0 aliphatic carbocycles. The van der Waals surface area contributed by atoms with Gasteiger partial charge in [0.15, 0.2) is 5.69 Å². The summed E-state index contributed by atoms with van der Waals surface area (Å²) in [6.07, 6.45) is -7.56. The van der Waals surface area contributed by atoms with Crippen LogP contribution in [0.1, 0.15) is 39.8 Å². The van der Waals surface area contributed by atoms with E-state index in [-0.39, 0.29) is 38.1 Å². The van der Waals surface area contributed by atoms with Crippen LogP contribution in [-0.2, 0) is 30.2 Å². The number of carbonyl (C=O) groups excluding carboxylic acids is 1. The number of hydrogen-bond donors (Lipinski definition) is 2. The molecule has 16 heteroatoms. The van der Waals surface area contributed by atoms with Gasteiger partial charge >= 0.3 is 12.4 Å². The lowest BCUT2D eigenvalue weighted by Gasteiger charge is -2.34. The molecule has 1 saturated heterocycles. The maximum atomic E-state index is 13.9. The minimum absolute atomic E-state index is 0.0821. The predicted molar refractivity (Wildman–Crippen MR) is 144 cm³/mol. The van der Waals surface area contributed by atoms with Crippen LogP contribution in [0.2, 0.25) is 0 Å². The molecule has 1 aliphatic rings. The average Bonchev–Trinajstić information content (AvgIpc) is 2.99. The van der Waals surface area contributed by atoms with Crippen molar-refractivity contribution in [3.8, 4) is 0 Å². The number of halogens is 6. The molecule has 3 heterocycles. The summed E-state index contributed by atoms with van der Waals surface area (Å²) >= 11 is 0. The zero-order valence-corrected chi connectivity index (χ0v) is 23.2. The van der Waals surface area contributed by atoms with Crippen molar-refractivity contribution in [1.29, 1.82) is 0 Å². The Morgan fingerprint density at radius 3 is 2.02 bits per heavy atom. The third-order valence-electron chi connectivity index (χ3n) is 6.57. The van der Waals surface area contributed by atoms with Crippen LogP contribution < -0.4 is 10.6 Å². The summed E-state index contributed by atoms with van der Waals surface area (Å²) in [5.41, 5.74) is -1.60. The van der Waals surface area contributed by atoms with Crippen LogP contribution >= 0.6 is 0 Å². The first kappa shape index (κ1) is 31.9. The highest BCUT2D eigenvalue weighted by atomic mass is 19.4. The van der Waals surface area contributed by atoms with Crippen LogP contribution in [0.25, 0.3) is 0 Å². The third kappa shape index (κ3) is 8.97. The van der Waals surface area contributed by atoms with E-state index in [1.165, 1.54) is 4.90 Å². The molecule has 0 saturated carbocycles. The molecule has 10 nitrogen and oxygen atoms in total. The topological polar surface area (TPSA) is 108 Å². The minimum Gasteiger partial charge on any atom is -0.380 e. The normalized spacial score (nSPS) is 14.5. The number of piperazine rings is 1. The Labute approximate surface area is 243 Å². The summed E-state index contributed by atoms with van der Waals surface area (Å²) in [5.74, 6) is -1.25. The number of rotatable bonds is 11. The van der Waals surface area contributed by atoms with Gasteiger partial charge in [-0.15, -0.1) is 0 Å². The van der Waals surface area contributed by atoms with E-state index >= 15 is 0 Å². The van der Waals surface area contributed by atoms with E-state index in [1.54, 1.807) is 24.3 Å². The summed E-state index contributed by atoms with van der Waals surface area (Å²) in [5, 5.41) is 5.46. The second-order valence-corrected chi connectivity index (χ2v) is 9.57. The lowest BCUT2D eigenvalue weighted by Crippen LogP contribution is -2.49. The Hall–Kier alpha value is -4.05. The second kappa shape index (κ2) is 13.9. The molecule has 4 rings (SSSR count). The Morgan fingerprint density at radius 1 is 0.860 bits per heavy atom. The number of anilines is 2. The first-order chi connectivity index (χ1) is 20.4. The quantitative estimate of drug-likeness (QED) is 0.242. The molecule has 0 radical (unpaired) electrons. The number of nitrogens with zero attached hydrogens (tertiary/aromatic N) is 6. The summed E-state index contributed by atoms with van der Waals surface area (Å²) < 4.78 is 85.5. The van der Waals surface area contributed by atoms with Gasteiger partial charge in [-0.1, -0.05) is 24.3 Å². The van der Waals surface area contributed by atoms with Gasteiger partial charge in [0.25, 0.3) is 5.91 Å². The molecular formula is C27H30F6N8O2. The molecule has 0 spiro atoms.